The molecule has 1 heterocycles. The highest BCUT2D eigenvalue weighted by Crippen LogP contribution is 2.26. The first-order valence-electron chi connectivity index (χ1n) is 6.13. The topological polar surface area (TPSA) is 34.4 Å². The zero-order valence-corrected chi connectivity index (χ0v) is 11.1. The van der Waals surface area contributed by atoms with E-state index in [4.69, 9.17) is 9.15 Å². The zero-order chi connectivity index (χ0) is 13.0. The van der Waals surface area contributed by atoms with E-state index in [1.165, 1.54) is 0 Å². The van der Waals surface area contributed by atoms with E-state index in [9.17, 15) is 0 Å². The first-order valence-corrected chi connectivity index (χ1v) is 6.13. The Morgan fingerprint density at radius 2 is 2.06 bits per heavy atom. The Balaban J connectivity index is 2.27. The molecule has 0 fully saturated rings. The molecule has 0 unspecified atom stereocenters. The van der Waals surface area contributed by atoms with Gasteiger partial charge in [-0.15, -0.1) is 0 Å². The largest absolute Gasteiger partial charge is 0.496 e. The van der Waals surface area contributed by atoms with Crippen LogP contribution in [0.4, 0.5) is 0 Å². The molecule has 0 aliphatic carbocycles. The van der Waals surface area contributed by atoms with Crippen molar-refractivity contribution in [1.29, 1.82) is 0 Å². The van der Waals surface area contributed by atoms with Gasteiger partial charge in [-0.25, -0.2) is 0 Å². The SMILES string of the molecule is COc1ccc(-c2ccoc2)cc1CNC(C)C. The van der Waals surface area contributed by atoms with Crippen LogP contribution in [0.2, 0.25) is 0 Å². The Hall–Kier alpha value is -1.74. The van der Waals surface area contributed by atoms with Gasteiger partial charge in [-0.05, 0) is 23.8 Å². The quantitative estimate of drug-likeness (QED) is 0.876. The molecule has 1 N–H and O–H groups in total. The third-order valence-corrected chi connectivity index (χ3v) is 2.84. The van der Waals surface area contributed by atoms with Crippen LogP contribution in [0.15, 0.2) is 41.2 Å². The second-order valence-corrected chi connectivity index (χ2v) is 4.57. The van der Waals surface area contributed by atoms with Gasteiger partial charge in [-0.3, -0.25) is 0 Å². The number of rotatable bonds is 5. The maximum atomic E-state index is 5.39. The Kier molecular flexibility index (Phi) is 4.05. The summed E-state index contributed by atoms with van der Waals surface area (Å²) in [5.41, 5.74) is 3.39. The van der Waals surface area contributed by atoms with Gasteiger partial charge in [0.1, 0.15) is 5.75 Å². The molecule has 18 heavy (non-hydrogen) atoms. The molecule has 1 aromatic heterocycles. The second-order valence-electron chi connectivity index (χ2n) is 4.57. The Morgan fingerprint density at radius 1 is 1.22 bits per heavy atom. The van der Waals surface area contributed by atoms with E-state index in [0.29, 0.717) is 6.04 Å². The fourth-order valence-electron chi connectivity index (χ4n) is 1.84. The summed E-state index contributed by atoms with van der Waals surface area (Å²) in [6, 6.07) is 8.59. The van der Waals surface area contributed by atoms with Crippen molar-refractivity contribution < 1.29 is 9.15 Å². The molecule has 3 heteroatoms. The average Bonchev–Trinajstić information content (AvgIpc) is 2.89. The normalized spacial score (nSPS) is 10.9. The number of ether oxygens (including phenoxy) is 1. The van der Waals surface area contributed by atoms with Crippen molar-refractivity contribution in [3.05, 3.63) is 42.4 Å². The summed E-state index contributed by atoms with van der Waals surface area (Å²) in [5, 5.41) is 3.41. The van der Waals surface area contributed by atoms with Crippen molar-refractivity contribution in [2.45, 2.75) is 26.4 Å². The van der Waals surface area contributed by atoms with E-state index in [1.54, 1.807) is 19.6 Å². The van der Waals surface area contributed by atoms with Crippen LogP contribution in [0, 0.1) is 0 Å². The molecule has 0 bridgehead atoms. The number of nitrogens with one attached hydrogen (secondary N) is 1. The van der Waals surface area contributed by atoms with Gasteiger partial charge in [0, 0.05) is 23.7 Å². The van der Waals surface area contributed by atoms with Crippen molar-refractivity contribution >= 4 is 0 Å². The van der Waals surface area contributed by atoms with Crippen molar-refractivity contribution in [1.82, 2.24) is 5.32 Å². The summed E-state index contributed by atoms with van der Waals surface area (Å²) in [4.78, 5) is 0. The predicted molar refractivity (Wildman–Crippen MR) is 72.7 cm³/mol. The van der Waals surface area contributed by atoms with Crippen LogP contribution in [-0.2, 0) is 6.54 Å². The van der Waals surface area contributed by atoms with Crippen molar-refractivity contribution in [3.8, 4) is 16.9 Å². The van der Waals surface area contributed by atoms with Gasteiger partial charge >= 0.3 is 0 Å². The van der Waals surface area contributed by atoms with Crippen LogP contribution in [-0.4, -0.2) is 13.2 Å². The van der Waals surface area contributed by atoms with Crippen LogP contribution < -0.4 is 10.1 Å². The van der Waals surface area contributed by atoms with Gasteiger partial charge < -0.3 is 14.5 Å². The number of benzene rings is 1. The lowest BCUT2D eigenvalue weighted by molar-refractivity contribution is 0.406. The van der Waals surface area contributed by atoms with E-state index in [1.807, 2.05) is 18.2 Å². The number of methoxy groups -OCH3 is 1. The lowest BCUT2D eigenvalue weighted by atomic mass is 10.0. The molecule has 0 radical (unpaired) electrons. The molecule has 2 aromatic rings. The molecule has 0 aliphatic rings. The molecule has 0 saturated carbocycles. The van der Waals surface area contributed by atoms with Gasteiger partial charge in [-0.2, -0.15) is 0 Å². The van der Waals surface area contributed by atoms with E-state index in [2.05, 4.69) is 25.2 Å². The minimum Gasteiger partial charge on any atom is -0.496 e. The van der Waals surface area contributed by atoms with E-state index in [-0.39, 0.29) is 0 Å². The monoisotopic (exact) mass is 245 g/mol. The molecule has 0 atom stereocenters. The highest BCUT2D eigenvalue weighted by atomic mass is 16.5. The fraction of sp³-hybridized carbons (Fsp3) is 0.333. The highest BCUT2D eigenvalue weighted by Gasteiger charge is 2.07. The van der Waals surface area contributed by atoms with Crippen LogP contribution in [0.5, 0.6) is 5.75 Å². The lowest BCUT2D eigenvalue weighted by Crippen LogP contribution is -2.22. The van der Waals surface area contributed by atoms with E-state index in [0.717, 1.165) is 29.0 Å². The van der Waals surface area contributed by atoms with Crippen molar-refractivity contribution in [3.63, 3.8) is 0 Å². The second kappa shape index (κ2) is 5.74. The molecule has 0 aliphatic heterocycles. The summed E-state index contributed by atoms with van der Waals surface area (Å²) in [5.74, 6) is 0.912. The smallest absolute Gasteiger partial charge is 0.123 e. The maximum absolute atomic E-state index is 5.39. The first kappa shape index (κ1) is 12.7. The lowest BCUT2D eigenvalue weighted by Gasteiger charge is -2.13. The van der Waals surface area contributed by atoms with Crippen molar-refractivity contribution in [2.75, 3.05) is 7.11 Å². The van der Waals surface area contributed by atoms with Gasteiger partial charge in [0.25, 0.3) is 0 Å². The molecule has 2 rings (SSSR count). The summed E-state index contributed by atoms with van der Waals surface area (Å²) >= 11 is 0. The van der Waals surface area contributed by atoms with Crippen molar-refractivity contribution in [2.24, 2.45) is 0 Å². The molecular weight excluding hydrogens is 226 g/mol. The number of hydrogen-bond donors (Lipinski definition) is 1. The third kappa shape index (κ3) is 2.93. The van der Waals surface area contributed by atoms with Crippen LogP contribution >= 0.6 is 0 Å². The van der Waals surface area contributed by atoms with Gasteiger partial charge in [0.05, 0.1) is 19.6 Å². The third-order valence-electron chi connectivity index (χ3n) is 2.84. The zero-order valence-electron chi connectivity index (χ0n) is 11.1. The van der Waals surface area contributed by atoms with Crippen LogP contribution in [0.1, 0.15) is 19.4 Å². The minimum atomic E-state index is 0.451. The van der Waals surface area contributed by atoms with E-state index >= 15 is 0 Å². The molecule has 1 aromatic carbocycles. The first-order chi connectivity index (χ1) is 8.70. The molecule has 0 amide bonds. The maximum Gasteiger partial charge on any atom is 0.123 e. The Labute approximate surface area is 108 Å². The molecule has 3 nitrogen and oxygen atoms in total. The van der Waals surface area contributed by atoms with Crippen LogP contribution in [0.25, 0.3) is 11.1 Å². The summed E-state index contributed by atoms with van der Waals surface area (Å²) in [6.07, 6.45) is 3.44. The number of hydrogen-bond acceptors (Lipinski definition) is 3. The molecule has 96 valence electrons. The summed E-state index contributed by atoms with van der Waals surface area (Å²) in [6.45, 7) is 5.06. The Morgan fingerprint density at radius 3 is 2.67 bits per heavy atom. The molecule has 0 saturated heterocycles. The summed E-state index contributed by atoms with van der Waals surface area (Å²) < 4.78 is 10.5. The minimum absolute atomic E-state index is 0.451. The van der Waals surface area contributed by atoms with Gasteiger partial charge in [0.15, 0.2) is 0 Å². The highest BCUT2D eigenvalue weighted by molar-refractivity contribution is 5.64. The predicted octanol–water partition coefficient (Wildman–Crippen LogP) is 3.45. The standard InChI is InChI=1S/C15H19NO2/c1-11(2)16-9-14-8-12(4-5-15(14)17-3)13-6-7-18-10-13/h4-8,10-11,16H,9H2,1-3H3. The number of furan rings is 1. The summed E-state index contributed by atoms with van der Waals surface area (Å²) in [7, 11) is 1.70. The average molecular weight is 245 g/mol. The Bertz CT molecular complexity index is 489. The van der Waals surface area contributed by atoms with E-state index < -0.39 is 0 Å². The fourth-order valence-corrected chi connectivity index (χ4v) is 1.84. The molecular formula is C15H19NO2. The van der Waals surface area contributed by atoms with Crippen LogP contribution in [0.3, 0.4) is 0 Å². The van der Waals surface area contributed by atoms with Gasteiger partial charge in [-0.1, -0.05) is 19.9 Å². The van der Waals surface area contributed by atoms with Gasteiger partial charge in [0.2, 0.25) is 0 Å². The molecule has 0 spiro atoms.